The second-order valence-corrected chi connectivity index (χ2v) is 6.24. The Morgan fingerprint density at radius 1 is 1.28 bits per heavy atom. The molecule has 130 valence electrons. The highest BCUT2D eigenvalue weighted by Crippen LogP contribution is 2.34. The minimum Gasteiger partial charge on any atom is -0.376 e. The Labute approximate surface area is 143 Å². The van der Waals surface area contributed by atoms with Crippen LogP contribution in [0.1, 0.15) is 10.4 Å². The van der Waals surface area contributed by atoms with Crippen LogP contribution in [-0.4, -0.2) is 58.4 Å². The number of rotatable bonds is 4. The van der Waals surface area contributed by atoms with Gasteiger partial charge < -0.3 is 15.0 Å². The first-order valence-electron chi connectivity index (χ1n) is 8.09. The zero-order valence-electron chi connectivity index (χ0n) is 13.4. The van der Waals surface area contributed by atoms with Gasteiger partial charge in [-0.1, -0.05) is 0 Å². The first-order chi connectivity index (χ1) is 12.2. The van der Waals surface area contributed by atoms with E-state index in [1.165, 1.54) is 12.4 Å². The molecule has 4 rings (SSSR count). The van der Waals surface area contributed by atoms with Crippen molar-refractivity contribution >= 4 is 11.9 Å². The van der Waals surface area contributed by atoms with Crippen molar-refractivity contribution in [1.82, 2.24) is 25.5 Å². The molecule has 2 saturated heterocycles. The summed E-state index contributed by atoms with van der Waals surface area (Å²) in [6.45, 7) is 2.55. The number of nitrogens with one attached hydrogen (secondary N) is 1. The normalized spacial score (nSPS) is 25.0. The Hall–Kier alpha value is -2.68. The minimum atomic E-state index is -0.453. The highest BCUT2D eigenvalue weighted by molar-refractivity contribution is 5.93. The summed E-state index contributed by atoms with van der Waals surface area (Å²) in [7, 11) is 0. The number of anilines is 1. The lowest BCUT2D eigenvalue weighted by atomic mass is 9.93. The molecule has 0 spiro atoms. The van der Waals surface area contributed by atoms with Crippen molar-refractivity contribution in [2.24, 2.45) is 11.8 Å². The van der Waals surface area contributed by atoms with Crippen molar-refractivity contribution in [3.8, 4) is 0 Å². The maximum absolute atomic E-state index is 13.0. The number of hydrogen-bond acceptors (Lipinski definition) is 7. The van der Waals surface area contributed by atoms with Crippen LogP contribution < -0.4 is 10.2 Å². The molecule has 0 aromatic carbocycles. The SMILES string of the molecule is O=C(NC[C@@H]1CO[C@H]2CN(c3ncc(F)cn3)C[C@@H]12)c1ccnnc1. The fourth-order valence-corrected chi connectivity index (χ4v) is 3.39. The summed E-state index contributed by atoms with van der Waals surface area (Å²) in [5.74, 6) is 0.379. The van der Waals surface area contributed by atoms with E-state index in [9.17, 15) is 9.18 Å². The highest BCUT2D eigenvalue weighted by Gasteiger charge is 2.44. The first-order valence-corrected chi connectivity index (χ1v) is 8.09. The summed E-state index contributed by atoms with van der Waals surface area (Å²) in [6.07, 6.45) is 5.33. The fraction of sp³-hybridized carbons (Fsp3) is 0.438. The number of nitrogens with zero attached hydrogens (tertiary/aromatic N) is 5. The van der Waals surface area contributed by atoms with Gasteiger partial charge >= 0.3 is 0 Å². The lowest BCUT2D eigenvalue weighted by Gasteiger charge is -2.19. The third kappa shape index (κ3) is 3.27. The summed E-state index contributed by atoms with van der Waals surface area (Å²) < 4.78 is 18.8. The Balaban J connectivity index is 1.35. The molecular formula is C16H17FN6O2. The third-order valence-electron chi connectivity index (χ3n) is 4.70. The largest absolute Gasteiger partial charge is 0.376 e. The van der Waals surface area contributed by atoms with Gasteiger partial charge in [0.2, 0.25) is 5.95 Å². The summed E-state index contributed by atoms with van der Waals surface area (Å²) in [4.78, 5) is 22.2. The van der Waals surface area contributed by atoms with E-state index in [0.29, 0.717) is 31.2 Å². The van der Waals surface area contributed by atoms with Gasteiger partial charge in [-0.05, 0) is 6.07 Å². The van der Waals surface area contributed by atoms with E-state index in [1.54, 1.807) is 6.07 Å². The number of ether oxygens (including phenoxy) is 1. The number of hydrogen-bond donors (Lipinski definition) is 1. The lowest BCUT2D eigenvalue weighted by Crippen LogP contribution is -2.34. The summed E-state index contributed by atoms with van der Waals surface area (Å²) in [5.41, 5.74) is 0.484. The second kappa shape index (κ2) is 6.67. The number of aromatic nitrogens is 4. The van der Waals surface area contributed by atoms with E-state index in [2.05, 4.69) is 25.5 Å². The number of carbonyl (C=O) groups excluding carboxylic acids is 1. The number of carbonyl (C=O) groups is 1. The molecule has 2 aromatic rings. The van der Waals surface area contributed by atoms with E-state index in [-0.39, 0.29) is 23.8 Å². The molecule has 9 heteroatoms. The molecule has 2 fully saturated rings. The molecule has 0 radical (unpaired) electrons. The predicted octanol–water partition coefficient (Wildman–Crippen LogP) is 0.287. The van der Waals surface area contributed by atoms with Gasteiger partial charge in [0.05, 0.1) is 43.1 Å². The van der Waals surface area contributed by atoms with Crippen molar-refractivity contribution in [3.63, 3.8) is 0 Å². The van der Waals surface area contributed by atoms with Gasteiger partial charge in [0.25, 0.3) is 5.91 Å². The van der Waals surface area contributed by atoms with Crippen LogP contribution in [-0.2, 0) is 4.74 Å². The van der Waals surface area contributed by atoms with Crippen molar-refractivity contribution < 1.29 is 13.9 Å². The molecule has 4 heterocycles. The molecule has 3 atom stereocenters. The molecule has 0 bridgehead atoms. The van der Waals surface area contributed by atoms with Gasteiger partial charge in [-0.2, -0.15) is 10.2 Å². The highest BCUT2D eigenvalue weighted by atomic mass is 19.1. The molecule has 25 heavy (non-hydrogen) atoms. The number of amides is 1. The van der Waals surface area contributed by atoms with E-state index in [0.717, 1.165) is 18.9 Å². The maximum Gasteiger partial charge on any atom is 0.252 e. The minimum absolute atomic E-state index is 0.0816. The van der Waals surface area contributed by atoms with Crippen molar-refractivity contribution in [2.75, 3.05) is 31.1 Å². The molecule has 8 nitrogen and oxygen atoms in total. The third-order valence-corrected chi connectivity index (χ3v) is 4.70. The maximum atomic E-state index is 13.0. The quantitative estimate of drug-likeness (QED) is 0.852. The van der Waals surface area contributed by atoms with Gasteiger partial charge in [-0.3, -0.25) is 4.79 Å². The van der Waals surface area contributed by atoms with Crippen LogP contribution in [0.3, 0.4) is 0 Å². The van der Waals surface area contributed by atoms with Crippen LogP contribution in [0.4, 0.5) is 10.3 Å². The van der Waals surface area contributed by atoms with Crippen LogP contribution in [0, 0.1) is 17.7 Å². The summed E-state index contributed by atoms with van der Waals surface area (Å²) in [5, 5.41) is 10.3. The molecule has 2 aliphatic rings. The van der Waals surface area contributed by atoms with Gasteiger partial charge in [0, 0.05) is 31.5 Å². The van der Waals surface area contributed by atoms with Crippen molar-refractivity contribution in [1.29, 1.82) is 0 Å². The summed E-state index contributed by atoms with van der Waals surface area (Å²) >= 11 is 0. The van der Waals surface area contributed by atoms with Crippen LogP contribution in [0.15, 0.2) is 30.9 Å². The Morgan fingerprint density at radius 3 is 2.88 bits per heavy atom. The average Bonchev–Trinajstić information content (AvgIpc) is 3.22. The molecule has 0 unspecified atom stereocenters. The molecular weight excluding hydrogens is 327 g/mol. The molecule has 0 aliphatic carbocycles. The van der Waals surface area contributed by atoms with Crippen molar-refractivity contribution in [2.45, 2.75) is 6.10 Å². The van der Waals surface area contributed by atoms with Crippen LogP contribution in [0.2, 0.25) is 0 Å². The van der Waals surface area contributed by atoms with Gasteiger partial charge in [-0.25, -0.2) is 14.4 Å². The van der Waals surface area contributed by atoms with E-state index < -0.39 is 5.82 Å². The van der Waals surface area contributed by atoms with Crippen LogP contribution >= 0.6 is 0 Å². The Kier molecular flexibility index (Phi) is 4.22. The van der Waals surface area contributed by atoms with Gasteiger partial charge in [0.15, 0.2) is 5.82 Å². The van der Waals surface area contributed by atoms with E-state index >= 15 is 0 Å². The lowest BCUT2D eigenvalue weighted by molar-refractivity contribution is 0.0939. The number of halogens is 1. The van der Waals surface area contributed by atoms with Gasteiger partial charge in [0.1, 0.15) is 0 Å². The standard InChI is InChI=1S/C16H17FN6O2/c17-12-5-19-16(20-6-12)23-7-13-11(9-25-14(13)8-23)3-18-15(24)10-1-2-21-22-4-10/h1-2,4-6,11,13-14H,3,7-9H2,(H,18,24)/t11-,13+,14+/m1/s1. The predicted molar refractivity (Wildman–Crippen MR) is 85.3 cm³/mol. The van der Waals surface area contributed by atoms with E-state index in [4.69, 9.17) is 4.74 Å². The van der Waals surface area contributed by atoms with Crippen LogP contribution in [0.5, 0.6) is 0 Å². The zero-order valence-corrected chi connectivity index (χ0v) is 13.4. The Bertz CT molecular complexity index is 744. The van der Waals surface area contributed by atoms with Gasteiger partial charge in [-0.15, -0.1) is 0 Å². The summed E-state index contributed by atoms with van der Waals surface area (Å²) in [6, 6.07) is 1.62. The van der Waals surface area contributed by atoms with Crippen LogP contribution in [0.25, 0.3) is 0 Å². The first kappa shape index (κ1) is 15.8. The second-order valence-electron chi connectivity index (χ2n) is 6.24. The smallest absolute Gasteiger partial charge is 0.252 e. The van der Waals surface area contributed by atoms with E-state index in [1.807, 2.05) is 4.90 Å². The molecule has 0 saturated carbocycles. The molecule has 2 aliphatic heterocycles. The fourth-order valence-electron chi connectivity index (χ4n) is 3.39. The van der Waals surface area contributed by atoms with Crippen molar-refractivity contribution in [3.05, 3.63) is 42.2 Å². The molecule has 2 aromatic heterocycles. The monoisotopic (exact) mass is 344 g/mol. The Morgan fingerprint density at radius 2 is 2.12 bits per heavy atom. The zero-order chi connectivity index (χ0) is 17.2. The topological polar surface area (TPSA) is 93.1 Å². The number of fused-ring (bicyclic) bond motifs is 1. The average molecular weight is 344 g/mol. The molecule has 1 N–H and O–H groups in total. The molecule has 1 amide bonds.